The summed E-state index contributed by atoms with van der Waals surface area (Å²) in [6, 6.07) is 29.0. The molecule has 0 aliphatic heterocycles. The second kappa shape index (κ2) is 13.8. The molecule has 0 radical (unpaired) electrons. The minimum absolute atomic E-state index is 0.00583. The number of rotatable bonds is 11. The lowest BCUT2D eigenvalue weighted by atomic mass is 9.83. The second-order valence-electron chi connectivity index (χ2n) is 11.4. The molecule has 4 aromatic rings. The van der Waals surface area contributed by atoms with Crippen LogP contribution in [0.4, 0.5) is 5.69 Å². The van der Waals surface area contributed by atoms with Gasteiger partial charge < -0.3 is 15.0 Å². The van der Waals surface area contributed by atoms with Crippen LogP contribution in [0.3, 0.4) is 0 Å². The minimum Gasteiger partial charge on any atom is -0.457 e. The van der Waals surface area contributed by atoms with Crippen molar-refractivity contribution in [2.45, 2.75) is 51.3 Å². The number of ether oxygens (including phenoxy) is 1. The molecule has 7 heteroatoms. The molecule has 42 heavy (non-hydrogen) atoms. The molecule has 0 saturated carbocycles. The lowest BCUT2D eigenvalue weighted by Gasteiger charge is -2.25. The number of amides is 1. The number of nitrogens with one attached hydrogen (secondary N) is 1. The molecular formula is C35H40N2O4S. The third-order valence-corrected chi connectivity index (χ3v) is 8.02. The molecule has 6 nitrogen and oxygen atoms in total. The lowest BCUT2D eigenvalue weighted by Crippen LogP contribution is -2.25. The average Bonchev–Trinajstić information content (AvgIpc) is 2.94. The van der Waals surface area contributed by atoms with Crippen LogP contribution in [0.15, 0.2) is 91.0 Å². The van der Waals surface area contributed by atoms with Crippen molar-refractivity contribution in [1.82, 2.24) is 4.90 Å². The first-order chi connectivity index (χ1) is 20.0. The molecule has 4 aromatic carbocycles. The standard InChI is InChI=1S/C35H40N2O4S/c1-23(2)31-20-27(26-14-18-30(19-15-26)41-29-10-8-7-9-11-29)21-32(24(3)4)33(31)34(42(39)40)35(38)36-28-16-12-25(13-17-28)22-37(5)6/h7-21,23-24,34,42H,22H2,1-6H3,(H,36,38). The van der Waals surface area contributed by atoms with Crippen LogP contribution in [0, 0.1) is 0 Å². The van der Waals surface area contributed by atoms with E-state index >= 15 is 0 Å². The van der Waals surface area contributed by atoms with Gasteiger partial charge in [-0.1, -0.05) is 82.3 Å². The van der Waals surface area contributed by atoms with E-state index in [4.69, 9.17) is 4.74 Å². The molecule has 1 unspecified atom stereocenters. The van der Waals surface area contributed by atoms with Crippen molar-refractivity contribution in [3.8, 4) is 22.6 Å². The van der Waals surface area contributed by atoms with Crippen molar-refractivity contribution in [3.05, 3.63) is 113 Å². The summed E-state index contributed by atoms with van der Waals surface area (Å²) in [5.74, 6) is 0.928. The van der Waals surface area contributed by atoms with Crippen LogP contribution in [0.2, 0.25) is 0 Å². The number of benzene rings is 4. The first-order valence-electron chi connectivity index (χ1n) is 14.2. The third-order valence-electron chi connectivity index (χ3n) is 7.11. The molecule has 0 bridgehead atoms. The van der Waals surface area contributed by atoms with Gasteiger partial charge in [0, 0.05) is 12.2 Å². The molecule has 4 rings (SSSR count). The van der Waals surface area contributed by atoms with Gasteiger partial charge in [0.25, 0.3) is 0 Å². The van der Waals surface area contributed by atoms with Crippen molar-refractivity contribution in [1.29, 1.82) is 0 Å². The Hall–Kier alpha value is -3.94. The van der Waals surface area contributed by atoms with Gasteiger partial charge in [-0.05, 0) is 95.7 Å². The first-order valence-corrected chi connectivity index (χ1v) is 15.5. The smallest absolute Gasteiger partial charge is 0.247 e. The summed E-state index contributed by atoms with van der Waals surface area (Å²) < 4.78 is 31.5. The summed E-state index contributed by atoms with van der Waals surface area (Å²) in [6.45, 7) is 8.88. The van der Waals surface area contributed by atoms with Crippen LogP contribution < -0.4 is 10.1 Å². The maximum absolute atomic E-state index is 13.6. The van der Waals surface area contributed by atoms with Crippen LogP contribution in [-0.2, 0) is 22.0 Å². The maximum Gasteiger partial charge on any atom is 0.247 e. The average molecular weight is 585 g/mol. The van der Waals surface area contributed by atoms with Gasteiger partial charge >= 0.3 is 0 Å². The Balaban J connectivity index is 1.69. The predicted octanol–water partition coefficient (Wildman–Crippen LogP) is 7.75. The van der Waals surface area contributed by atoms with Crippen LogP contribution >= 0.6 is 0 Å². The van der Waals surface area contributed by atoms with E-state index in [2.05, 4.69) is 10.2 Å². The predicted molar refractivity (Wildman–Crippen MR) is 172 cm³/mol. The largest absolute Gasteiger partial charge is 0.457 e. The Labute approximate surface area is 251 Å². The molecule has 1 N–H and O–H groups in total. The zero-order chi connectivity index (χ0) is 30.4. The Kier molecular flexibility index (Phi) is 10.2. The van der Waals surface area contributed by atoms with E-state index in [1.165, 1.54) is 0 Å². The van der Waals surface area contributed by atoms with E-state index < -0.39 is 21.9 Å². The van der Waals surface area contributed by atoms with Crippen molar-refractivity contribution in [2.24, 2.45) is 0 Å². The van der Waals surface area contributed by atoms with Gasteiger partial charge in [0.2, 0.25) is 5.91 Å². The monoisotopic (exact) mass is 584 g/mol. The summed E-state index contributed by atoms with van der Waals surface area (Å²) in [4.78, 5) is 15.7. The zero-order valence-electron chi connectivity index (χ0n) is 25.1. The Morgan fingerprint density at radius 3 is 1.81 bits per heavy atom. The molecule has 0 fully saturated rings. The van der Waals surface area contributed by atoms with Crippen LogP contribution in [0.1, 0.15) is 67.0 Å². The third kappa shape index (κ3) is 7.66. The number of nitrogens with zero attached hydrogens (tertiary/aromatic N) is 1. The molecule has 0 spiro atoms. The van der Waals surface area contributed by atoms with Gasteiger partial charge in [0.1, 0.15) is 11.5 Å². The van der Waals surface area contributed by atoms with Gasteiger partial charge in [0.15, 0.2) is 16.0 Å². The molecule has 0 saturated heterocycles. The molecule has 0 aliphatic rings. The number of thiol groups is 1. The highest BCUT2D eigenvalue weighted by Gasteiger charge is 2.31. The summed E-state index contributed by atoms with van der Waals surface area (Å²) in [5, 5.41) is 1.54. The fourth-order valence-electron chi connectivity index (χ4n) is 5.08. The Morgan fingerprint density at radius 1 is 0.762 bits per heavy atom. The molecule has 0 aromatic heterocycles. The molecule has 220 valence electrons. The molecule has 1 atom stereocenters. The summed E-state index contributed by atoms with van der Waals surface area (Å²) in [5.41, 5.74) is 5.89. The van der Waals surface area contributed by atoms with Crippen LogP contribution in [0.5, 0.6) is 11.5 Å². The number of para-hydroxylation sites is 1. The number of anilines is 1. The number of hydrogen-bond acceptors (Lipinski definition) is 5. The highest BCUT2D eigenvalue weighted by molar-refractivity contribution is 7.73. The van der Waals surface area contributed by atoms with E-state index in [1.54, 1.807) is 0 Å². The SMILES string of the molecule is CC(C)c1cc(-c2ccc(Oc3ccccc3)cc2)cc(C(C)C)c1C(C(=O)Nc1ccc(CN(C)C)cc1)[SH](=O)=O. The summed E-state index contributed by atoms with van der Waals surface area (Å²) in [7, 11) is 0.877. The highest BCUT2D eigenvalue weighted by atomic mass is 32.2. The van der Waals surface area contributed by atoms with Crippen LogP contribution in [-0.4, -0.2) is 33.3 Å². The Bertz CT molecular complexity index is 1540. The van der Waals surface area contributed by atoms with Crippen molar-refractivity contribution in [2.75, 3.05) is 19.4 Å². The number of carbonyl (C=O) groups excluding carboxylic acids is 1. The summed E-state index contributed by atoms with van der Waals surface area (Å²) in [6.07, 6.45) is 0. The zero-order valence-corrected chi connectivity index (χ0v) is 26.0. The van der Waals surface area contributed by atoms with E-state index in [1.807, 2.05) is 133 Å². The quantitative estimate of drug-likeness (QED) is 0.176. The topological polar surface area (TPSA) is 75.7 Å². The van der Waals surface area contributed by atoms with E-state index in [9.17, 15) is 13.2 Å². The maximum atomic E-state index is 13.6. The van der Waals surface area contributed by atoms with E-state index in [0.717, 1.165) is 45.9 Å². The van der Waals surface area contributed by atoms with Crippen molar-refractivity contribution in [3.63, 3.8) is 0 Å². The fraction of sp³-hybridized carbons (Fsp3) is 0.286. The van der Waals surface area contributed by atoms with Gasteiger partial charge in [-0.3, -0.25) is 4.79 Å². The van der Waals surface area contributed by atoms with E-state index in [-0.39, 0.29) is 11.8 Å². The van der Waals surface area contributed by atoms with Crippen LogP contribution in [0.25, 0.3) is 11.1 Å². The van der Waals surface area contributed by atoms with Crippen molar-refractivity contribution < 1.29 is 17.9 Å². The summed E-state index contributed by atoms with van der Waals surface area (Å²) >= 11 is 0. The molecular weight excluding hydrogens is 544 g/mol. The van der Waals surface area contributed by atoms with Gasteiger partial charge in [0.05, 0.1) is 0 Å². The first kappa shape index (κ1) is 31.0. The number of hydrogen-bond donors (Lipinski definition) is 2. The fourth-order valence-corrected chi connectivity index (χ4v) is 5.84. The molecule has 0 aliphatic carbocycles. The Morgan fingerprint density at radius 2 is 1.31 bits per heavy atom. The minimum atomic E-state index is -3.10. The van der Waals surface area contributed by atoms with Gasteiger partial charge in [-0.15, -0.1) is 0 Å². The van der Waals surface area contributed by atoms with Crippen molar-refractivity contribution >= 4 is 22.3 Å². The lowest BCUT2D eigenvalue weighted by molar-refractivity contribution is -0.115. The highest BCUT2D eigenvalue weighted by Crippen LogP contribution is 2.39. The van der Waals surface area contributed by atoms with Gasteiger partial charge in [-0.25, -0.2) is 8.42 Å². The van der Waals surface area contributed by atoms with Gasteiger partial charge in [-0.2, -0.15) is 0 Å². The second-order valence-corrected chi connectivity index (χ2v) is 12.5. The normalized spacial score (nSPS) is 12.2. The molecule has 1 amide bonds. The number of carbonyl (C=O) groups is 1. The van der Waals surface area contributed by atoms with E-state index in [0.29, 0.717) is 11.3 Å². The molecule has 0 heterocycles.